The second-order valence-corrected chi connectivity index (χ2v) is 8.72. The molecule has 1 saturated carbocycles. The van der Waals surface area contributed by atoms with Crippen LogP contribution in [0.5, 0.6) is 0 Å². The van der Waals surface area contributed by atoms with E-state index in [-0.39, 0.29) is 22.8 Å². The normalized spacial score (nSPS) is 20.2. The first kappa shape index (κ1) is 22.2. The summed E-state index contributed by atoms with van der Waals surface area (Å²) in [6, 6.07) is 9.94. The van der Waals surface area contributed by atoms with Crippen molar-refractivity contribution in [2.75, 3.05) is 0 Å². The first-order chi connectivity index (χ1) is 15.3. The SMILES string of the molecule is O=C(c1cccc([N+](=O)[O-])c1)N(Cc1ccc(Cl)c(Cl)c1)N1C(=O)[C@H]2CCCC[C@@H]2C1=O. The number of hydrazine groups is 1. The summed E-state index contributed by atoms with van der Waals surface area (Å²) >= 11 is 12.1. The Bertz CT molecular complexity index is 1100. The van der Waals surface area contributed by atoms with E-state index in [1.807, 2.05) is 0 Å². The molecule has 2 aliphatic rings. The zero-order valence-electron chi connectivity index (χ0n) is 16.9. The Labute approximate surface area is 193 Å². The molecule has 2 aromatic carbocycles. The lowest BCUT2D eigenvalue weighted by Gasteiger charge is -2.30. The molecule has 0 N–H and O–H groups in total. The van der Waals surface area contributed by atoms with E-state index in [1.54, 1.807) is 18.2 Å². The molecule has 1 saturated heterocycles. The van der Waals surface area contributed by atoms with E-state index in [1.165, 1.54) is 18.2 Å². The van der Waals surface area contributed by atoms with E-state index in [2.05, 4.69) is 0 Å². The molecule has 10 heteroatoms. The summed E-state index contributed by atoms with van der Waals surface area (Å²) in [6.45, 7) is -0.130. The second-order valence-electron chi connectivity index (χ2n) is 7.90. The molecule has 0 aromatic heterocycles. The summed E-state index contributed by atoms with van der Waals surface area (Å²) in [7, 11) is 0. The molecule has 2 atom stereocenters. The van der Waals surface area contributed by atoms with Crippen molar-refractivity contribution in [2.24, 2.45) is 11.8 Å². The third-order valence-electron chi connectivity index (χ3n) is 5.91. The van der Waals surface area contributed by atoms with E-state index < -0.39 is 34.5 Å². The van der Waals surface area contributed by atoms with Crippen LogP contribution < -0.4 is 0 Å². The fourth-order valence-corrected chi connectivity index (χ4v) is 4.65. The fourth-order valence-electron chi connectivity index (χ4n) is 4.33. The summed E-state index contributed by atoms with van der Waals surface area (Å²) in [4.78, 5) is 50.4. The fraction of sp³-hybridized carbons (Fsp3) is 0.318. The predicted molar refractivity (Wildman–Crippen MR) is 117 cm³/mol. The van der Waals surface area contributed by atoms with Gasteiger partial charge in [0.2, 0.25) is 0 Å². The lowest BCUT2D eigenvalue weighted by molar-refractivity contribution is -0.384. The lowest BCUT2D eigenvalue weighted by atomic mass is 9.81. The van der Waals surface area contributed by atoms with Crippen molar-refractivity contribution in [3.8, 4) is 0 Å². The average molecular weight is 476 g/mol. The minimum atomic E-state index is -0.694. The number of imide groups is 1. The highest BCUT2D eigenvalue weighted by molar-refractivity contribution is 6.42. The van der Waals surface area contributed by atoms with Crippen molar-refractivity contribution in [3.05, 3.63) is 73.8 Å². The van der Waals surface area contributed by atoms with Crippen LogP contribution >= 0.6 is 23.2 Å². The number of carbonyl (C=O) groups excluding carboxylic acids is 3. The minimum absolute atomic E-state index is 0.00488. The van der Waals surface area contributed by atoms with E-state index in [4.69, 9.17) is 23.2 Å². The molecular formula is C22H19Cl2N3O5. The van der Waals surface area contributed by atoms with Crippen LogP contribution in [0.15, 0.2) is 42.5 Å². The van der Waals surface area contributed by atoms with Gasteiger partial charge in [-0.2, -0.15) is 5.01 Å². The van der Waals surface area contributed by atoms with Gasteiger partial charge in [-0.05, 0) is 36.6 Å². The largest absolute Gasteiger partial charge is 0.273 e. The van der Waals surface area contributed by atoms with Gasteiger partial charge in [0.25, 0.3) is 23.4 Å². The number of carbonyl (C=O) groups is 3. The molecule has 1 aliphatic heterocycles. The molecule has 3 amide bonds. The van der Waals surface area contributed by atoms with Crippen LogP contribution in [0.1, 0.15) is 41.6 Å². The van der Waals surface area contributed by atoms with Gasteiger partial charge in [0.1, 0.15) is 0 Å². The van der Waals surface area contributed by atoms with Crippen LogP contribution in [-0.2, 0) is 16.1 Å². The Balaban J connectivity index is 1.74. The van der Waals surface area contributed by atoms with Gasteiger partial charge >= 0.3 is 0 Å². The number of halogens is 2. The standard InChI is InChI=1S/C22H19Cl2N3O5/c23-18-9-8-13(10-19(18)24)12-25(20(28)14-4-3-5-15(11-14)27(31)32)26-21(29)16-6-1-2-7-17(16)22(26)30/h3-5,8-11,16-17H,1-2,6-7,12H2/t16-,17-/m0/s1. The topological polar surface area (TPSA) is 101 Å². The third-order valence-corrected chi connectivity index (χ3v) is 6.65. The van der Waals surface area contributed by atoms with Crippen molar-refractivity contribution in [1.82, 2.24) is 10.0 Å². The summed E-state index contributed by atoms with van der Waals surface area (Å²) in [6.07, 6.45) is 2.88. The maximum absolute atomic E-state index is 13.5. The van der Waals surface area contributed by atoms with Crippen molar-refractivity contribution in [2.45, 2.75) is 32.2 Å². The number of nitrogens with zero attached hydrogens (tertiary/aromatic N) is 3. The highest BCUT2D eigenvalue weighted by Gasteiger charge is 2.51. The molecule has 1 aliphatic carbocycles. The van der Waals surface area contributed by atoms with Crippen molar-refractivity contribution >= 4 is 46.6 Å². The molecule has 32 heavy (non-hydrogen) atoms. The molecule has 0 bridgehead atoms. The van der Waals surface area contributed by atoms with Crippen LogP contribution in [0.2, 0.25) is 10.0 Å². The molecule has 8 nitrogen and oxygen atoms in total. The molecule has 2 fully saturated rings. The monoisotopic (exact) mass is 475 g/mol. The number of nitro benzene ring substituents is 1. The summed E-state index contributed by atoms with van der Waals surface area (Å²) < 4.78 is 0. The number of hydrogen-bond donors (Lipinski definition) is 0. The Morgan fingerprint density at radius 2 is 1.69 bits per heavy atom. The number of amides is 3. The second kappa shape index (κ2) is 8.88. The maximum Gasteiger partial charge on any atom is 0.273 e. The first-order valence-corrected chi connectivity index (χ1v) is 10.9. The predicted octanol–water partition coefficient (Wildman–Crippen LogP) is 4.63. The Morgan fingerprint density at radius 1 is 1.03 bits per heavy atom. The zero-order valence-corrected chi connectivity index (χ0v) is 18.4. The maximum atomic E-state index is 13.5. The van der Waals surface area contributed by atoms with Crippen molar-refractivity contribution in [1.29, 1.82) is 0 Å². The van der Waals surface area contributed by atoms with E-state index in [9.17, 15) is 24.5 Å². The Morgan fingerprint density at radius 3 is 2.28 bits per heavy atom. The van der Waals surface area contributed by atoms with Gasteiger partial charge in [-0.3, -0.25) is 24.5 Å². The van der Waals surface area contributed by atoms with Gasteiger partial charge in [-0.25, -0.2) is 5.01 Å². The van der Waals surface area contributed by atoms with Crippen molar-refractivity contribution in [3.63, 3.8) is 0 Å². The molecular weight excluding hydrogens is 457 g/mol. The number of hydrogen-bond acceptors (Lipinski definition) is 5. The number of fused-ring (bicyclic) bond motifs is 1. The summed E-state index contributed by atoms with van der Waals surface area (Å²) in [5.41, 5.74) is 0.279. The number of benzene rings is 2. The van der Waals surface area contributed by atoms with Gasteiger partial charge in [0.15, 0.2) is 0 Å². The van der Waals surface area contributed by atoms with Gasteiger partial charge in [0.05, 0.1) is 33.3 Å². The Hall–Kier alpha value is -2.97. The molecule has 2 aromatic rings. The average Bonchev–Trinajstić information content (AvgIpc) is 3.04. The van der Waals surface area contributed by atoms with Crippen LogP contribution in [-0.4, -0.2) is 32.7 Å². The quantitative estimate of drug-likeness (QED) is 0.356. The molecule has 0 spiro atoms. The van der Waals surface area contributed by atoms with Gasteiger partial charge in [-0.15, -0.1) is 0 Å². The highest BCUT2D eigenvalue weighted by atomic mass is 35.5. The number of non-ortho nitro benzene ring substituents is 1. The molecule has 0 radical (unpaired) electrons. The van der Waals surface area contributed by atoms with Gasteiger partial charge in [0, 0.05) is 17.7 Å². The highest BCUT2D eigenvalue weighted by Crippen LogP contribution is 2.39. The van der Waals surface area contributed by atoms with Gasteiger partial charge < -0.3 is 0 Å². The number of nitro groups is 1. The number of rotatable bonds is 5. The third kappa shape index (κ3) is 4.08. The zero-order chi connectivity index (χ0) is 23.0. The van der Waals surface area contributed by atoms with Gasteiger partial charge in [-0.1, -0.05) is 48.2 Å². The summed E-state index contributed by atoms with van der Waals surface area (Å²) in [5, 5.41) is 13.7. The molecule has 4 rings (SSSR count). The van der Waals surface area contributed by atoms with Crippen LogP contribution in [0.25, 0.3) is 0 Å². The molecule has 1 heterocycles. The molecule has 0 unspecified atom stereocenters. The van der Waals surface area contributed by atoms with E-state index >= 15 is 0 Å². The minimum Gasteiger partial charge on any atom is -0.272 e. The Kier molecular flexibility index (Phi) is 6.17. The van der Waals surface area contributed by atoms with Crippen LogP contribution in [0.3, 0.4) is 0 Å². The van der Waals surface area contributed by atoms with Crippen LogP contribution in [0, 0.1) is 22.0 Å². The lowest BCUT2D eigenvalue weighted by Crippen LogP contribution is -2.49. The smallest absolute Gasteiger partial charge is 0.272 e. The first-order valence-electron chi connectivity index (χ1n) is 10.2. The van der Waals surface area contributed by atoms with Crippen molar-refractivity contribution < 1.29 is 19.3 Å². The van der Waals surface area contributed by atoms with E-state index in [0.717, 1.165) is 28.9 Å². The van der Waals surface area contributed by atoms with E-state index in [0.29, 0.717) is 23.4 Å². The summed E-state index contributed by atoms with van der Waals surface area (Å²) in [5.74, 6) is -2.44. The molecule has 166 valence electrons. The van der Waals surface area contributed by atoms with Crippen LogP contribution in [0.4, 0.5) is 5.69 Å².